The van der Waals surface area contributed by atoms with Crippen molar-refractivity contribution in [2.24, 2.45) is 5.92 Å². The number of amides is 1. The van der Waals surface area contributed by atoms with Crippen LogP contribution in [-0.2, 0) is 0 Å². The van der Waals surface area contributed by atoms with E-state index in [9.17, 15) is 9.90 Å². The van der Waals surface area contributed by atoms with Gasteiger partial charge in [0.15, 0.2) is 0 Å². The van der Waals surface area contributed by atoms with E-state index >= 15 is 0 Å². The first-order valence-corrected chi connectivity index (χ1v) is 9.00. The van der Waals surface area contributed by atoms with Gasteiger partial charge in [0, 0.05) is 17.1 Å². The summed E-state index contributed by atoms with van der Waals surface area (Å²) in [5.41, 5.74) is 3.70. The van der Waals surface area contributed by atoms with Gasteiger partial charge in [0.05, 0.1) is 17.7 Å². The molecule has 0 bridgehead atoms. The van der Waals surface area contributed by atoms with E-state index in [0.29, 0.717) is 18.4 Å². The Morgan fingerprint density at radius 2 is 1.88 bits per heavy atom. The van der Waals surface area contributed by atoms with E-state index in [2.05, 4.69) is 16.4 Å². The van der Waals surface area contributed by atoms with Crippen molar-refractivity contribution in [3.63, 3.8) is 0 Å². The molecule has 2 aromatic carbocycles. The molecule has 2 N–H and O–H groups in total. The van der Waals surface area contributed by atoms with Crippen LogP contribution < -0.4 is 5.32 Å². The predicted molar refractivity (Wildman–Crippen MR) is 102 cm³/mol. The normalized spacial score (nSPS) is 20.4. The van der Waals surface area contributed by atoms with Gasteiger partial charge in [-0.1, -0.05) is 35.9 Å². The van der Waals surface area contributed by atoms with Crippen molar-refractivity contribution in [2.45, 2.75) is 31.9 Å². The average molecular weight is 346 g/mol. The van der Waals surface area contributed by atoms with Gasteiger partial charge in [-0.05, 0) is 55.5 Å². The number of nitrogens with zero attached hydrogens (tertiary/aromatic N) is 1. The van der Waals surface area contributed by atoms with Crippen molar-refractivity contribution >= 4 is 16.8 Å². The van der Waals surface area contributed by atoms with Crippen molar-refractivity contribution < 1.29 is 9.90 Å². The molecule has 0 spiro atoms. The van der Waals surface area contributed by atoms with Crippen molar-refractivity contribution in [2.75, 3.05) is 0 Å². The van der Waals surface area contributed by atoms with Crippen molar-refractivity contribution in [3.8, 4) is 0 Å². The van der Waals surface area contributed by atoms with E-state index < -0.39 is 0 Å². The molecule has 3 aromatic rings. The van der Waals surface area contributed by atoms with Crippen molar-refractivity contribution in [1.82, 2.24) is 10.3 Å². The summed E-state index contributed by atoms with van der Waals surface area (Å²) in [4.78, 5) is 17.3. The van der Waals surface area contributed by atoms with E-state index in [4.69, 9.17) is 0 Å². The molecule has 1 heterocycles. The first kappa shape index (κ1) is 16.7. The van der Waals surface area contributed by atoms with Crippen LogP contribution >= 0.6 is 0 Å². The number of aromatic nitrogens is 1. The number of carbonyl (C=O) groups is 1. The van der Waals surface area contributed by atoms with Gasteiger partial charge in [-0.2, -0.15) is 0 Å². The topological polar surface area (TPSA) is 62.2 Å². The van der Waals surface area contributed by atoms with Gasteiger partial charge < -0.3 is 10.4 Å². The average Bonchev–Trinajstić information content (AvgIpc) is 2.64. The minimum Gasteiger partial charge on any atom is -0.393 e. The Labute approximate surface area is 152 Å². The summed E-state index contributed by atoms with van der Waals surface area (Å²) in [6, 6.07) is 17.5. The maximum absolute atomic E-state index is 12.7. The molecule has 1 amide bonds. The summed E-state index contributed by atoms with van der Waals surface area (Å²) in [7, 11) is 0. The van der Waals surface area contributed by atoms with Crippen LogP contribution in [0.15, 0.2) is 60.8 Å². The maximum Gasteiger partial charge on any atom is 0.251 e. The zero-order valence-corrected chi connectivity index (χ0v) is 14.7. The summed E-state index contributed by atoms with van der Waals surface area (Å²) in [5.74, 6) is 0.131. The van der Waals surface area contributed by atoms with E-state index in [0.717, 1.165) is 22.0 Å². The number of fused-ring (bicyclic) bond motifs is 1. The highest BCUT2D eigenvalue weighted by molar-refractivity contribution is 5.94. The molecule has 0 saturated heterocycles. The summed E-state index contributed by atoms with van der Waals surface area (Å²) in [6.45, 7) is 2.00. The Balaban J connectivity index is 1.63. The second-order valence-corrected chi connectivity index (χ2v) is 7.16. The monoisotopic (exact) mass is 346 g/mol. The molecule has 4 rings (SSSR count). The minimum absolute atomic E-state index is 0.0930. The molecule has 1 aliphatic rings. The lowest BCUT2D eigenvalue weighted by atomic mass is 9.75. The Morgan fingerprint density at radius 3 is 2.62 bits per heavy atom. The molecule has 1 saturated carbocycles. The molecule has 1 unspecified atom stereocenters. The fraction of sp³-hybridized carbons (Fsp3) is 0.273. The number of carbonyl (C=O) groups excluding carboxylic acids is 1. The fourth-order valence-corrected chi connectivity index (χ4v) is 3.56. The number of benzene rings is 2. The second kappa shape index (κ2) is 6.89. The number of hydrogen-bond donors (Lipinski definition) is 2. The Bertz CT molecular complexity index is 930. The molecular formula is C22H22N2O2. The highest BCUT2D eigenvalue weighted by Gasteiger charge is 2.36. The third kappa shape index (κ3) is 3.33. The SMILES string of the molecule is Cc1ccc(C(=O)NC(c2cnc3ccccc3c2)C2CC(O)C2)cc1. The molecule has 132 valence electrons. The quantitative estimate of drug-likeness (QED) is 0.756. The lowest BCUT2D eigenvalue weighted by molar-refractivity contribution is 0.0235. The van der Waals surface area contributed by atoms with E-state index in [1.807, 2.05) is 61.7 Å². The number of nitrogens with one attached hydrogen (secondary N) is 1. The Kier molecular flexibility index (Phi) is 4.43. The van der Waals surface area contributed by atoms with Crippen molar-refractivity contribution in [3.05, 3.63) is 77.5 Å². The molecule has 1 atom stereocenters. The molecule has 4 heteroatoms. The maximum atomic E-state index is 12.7. The van der Waals surface area contributed by atoms with Crippen LogP contribution in [0.3, 0.4) is 0 Å². The smallest absolute Gasteiger partial charge is 0.251 e. The molecule has 1 aromatic heterocycles. The highest BCUT2D eigenvalue weighted by atomic mass is 16.3. The van der Waals surface area contributed by atoms with Gasteiger partial charge in [0.1, 0.15) is 0 Å². The zero-order valence-electron chi connectivity index (χ0n) is 14.7. The molecule has 4 nitrogen and oxygen atoms in total. The van der Waals surface area contributed by atoms with Gasteiger partial charge in [-0.25, -0.2) is 0 Å². The minimum atomic E-state index is -0.271. The number of aryl methyl sites for hydroxylation is 1. The van der Waals surface area contributed by atoms with Crippen LogP contribution in [0.5, 0.6) is 0 Å². The van der Waals surface area contributed by atoms with Crippen LogP contribution in [-0.4, -0.2) is 22.1 Å². The highest BCUT2D eigenvalue weighted by Crippen LogP contribution is 2.38. The predicted octanol–water partition coefficient (Wildman–Crippen LogP) is 3.79. The third-order valence-electron chi connectivity index (χ3n) is 5.19. The molecule has 0 aliphatic heterocycles. The summed E-state index contributed by atoms with van der Waals surface area (Å²) < 4.78 is 0. The van der Waals surface area contributed by atoms with Crippen LogP contribution in [0.1, 0.15) is 40.4 Å². The zero-order chi connectivity index (χ0) is 18.1. The second-order valence-electron chi connectivity index (χ2n) is 7.16. The Hall–Kier alpha value is -2.72. The number of aliphatic hydroxyl groups excluding tert-OH is 1. The fourth-order valence-electron chi connectivity index (χ4n) is 3.56. The van der Waals surface area contributed by atoms with E-state index in [1.165, 1.54) is 0 Å². The lowest BCUT2D eigenvalue weighted by Gasteiger charge is -2.38. The number of pyridine rings is 1. The molecule has 0 radical (unpaired) electrons. The Morgan fingerprint density at radius 1 is 1.15 bits per heavy atom. The number of hydrogen-bond acceptors (Lipinski definition) is 3. The largest absolute Gasteiger partial charge is 0.393 e. The van der Waals surface area contributed by atoms with Gasteiger partial charge in [0.25, 0.3) is 5.91 Å². The summed E-state index contributed by atoms with van der Waals surface area (Å²) >= 11 is 0. The standard InChI is InChI=1S/C22H22N2O2/c1-14-6-8-15(9-7-14)22(26)24-21(17-11-19(25)12-17)18-10-16-4-2-3-5-20(16)23-13-18/h2-10,13,17,19,21,25H,11-12H2,1H3,(H,24,26). The van der Waals surface area contributed by atoms with Crippen LogP contribution in [0.25, 0.3) is 10.9 Å². The number of rotatable bonds is 4. The van der Waals surface area contributed by atoms with Crippen LogP contribution in [0.4, 0.5) is 0 Å². The van der Waals surface area contributed by atoms with E-state index in [-0.39, 0.29) is 24.0 Å². The third-order valence-corrected chi connectivity index (χ3v) is 5.19. The van der Waals surface area contributed by atoms with Crippen LogP contribution in [0, 0.1) is 12.8 Å². The molecular weight excluding hydrogens is 324 g/mol. The van der Waals surface area contributed by atoms with Gasteiger partial charge >= 0.3 is 0 Å². The lowest BCUT2D eigenvalue weighted by Crippen LogP contribution is -2.41. The first-order valence-electron chi connectivity index (χ1n) is 9.00. The van der Waals surface area contributed by atoms with Gasteiger partial charge in [0.2, 0.25) is 0 Å². The molecule has 1 fully saturated rings. The van der Waals surface area contributed by atoms with Gasteiger partial charge in [-0.15, -0.1) is 0 Å². The number of aliphatic hydroxyl groups is 1. The first-order chi connectivity index (χ1) is 12.6. The number of para-hydroxylation sites is 1. The van der Waals surface area contributed by atoms with Crippen molar-refractivity contribution in [1.29, 1.82) is 0 Å². The molecule has 1 aliphatic carbocycles. The summed E-state index contributed by atoms with van der Waals surface area (Å²) in [6.07, 6.45) is 2.97. The molecule has 26 heavy (non-hydrogen) atoms. The summed E-state index contributed by atoms with van der Waals surface area (Å²) in [5, 5.41) is 14.0. The van der Waals surface area contributed by atoms with Gasteiger partial charge in [-0.3, -0.25) is 9.78 Å². The van der Waals surface area contributed by atoms with Crippen LogP contribution in [0.2, 0.25) is 0 Å². The van der Waals surface area contributed by atoms with E-state index in [1.54, 1.807) is 0 Å².